The average Bonchev–Trinajstić information content (AvgIpc) is 2.90. The maximum absolute atomic E-state index is 4.30. The van der Waals surface area contributed by atoms with Gasteiger partial charge in [0.1, 0.15) is 5.82 Å². The Kier molecular flexibility index (Phi) is 3.62. The van der Waals surface area contributed by atoms with E-state index < -0.39 is 0 Å². The molecule has 0 saturated heterocycles. The maximum Gasteiger partial charge on any atom is 0.124 e. The molecule has 1 N–H and O–H groups in total. The molecular formula is C12H17N3S. The van der Waals surface area contributed by atoms with Gasteiger partial charge in [-0.25, -0.2) is 4.68 Å². The molecule has 0 spiro atoms. The Hall–Kier alpha value is -1.29. The number of aryl methyl sites for hydroxylation is 1. The molecule has 0 fully saturated rings. The van der Waals surface area contributed by atoms with Crippen LogP contribution in [0.15, 0.2) is 29.8 Å². The van der Waals surface area contributed by atoms with Crippen LogP contribution < -0.4 is 5.32 Å². The summed E-state index contributed by atoms with van der Waals surface area (Å²) in [4.78, 5) is 1.35. The van der Waals surface area contributed by atoms with Crippen LogP contribution in [-0.2, 0) is 6.54 Å². The van der Waals surface area contributed by atoms with Crippen molar-refractivity contribution in [3.63, 3.8) is 0 Å². The van der Waals surface area contributed by atoms with Gasteiger partial charge in [-0.2, -0.15) is 5.10 Å². The summed E-state index contributed by atoms with van der Waals surface area (Å²) < 4.78 is 2.02. The molecule has 2 aromatic rings. The second-order valence-corrected chi connectivity index (χ2v) is 4.80. The number of thiophene rings is 1. The van der Waals surface area contributed by atoms with Crippen molar-refractivity contribution in [2.24, 2.45) is 0 Å². The predicted molar refractivity (Wildman–Crippen MR) is 68.9 cm³/mol. The van der Waals surface area contributed by atoms with Gasteiger partial charge in [-0.1, -0.05) is 13.0 Å². The monoisotopic (exact) mass is 235 g/mol. The molecule has 4 heteroatoms. The van der Waals surface area contributed by atoms with Gasteiger partial charge in [0.15, 0.2) is 0 Å². The lowest BCUT2D eigenvalue weighted by atomic mass is 10.3. The minimum Gasteiger partial charge on any atom is -0.363 e. The predicted octanol–water partition coefficient (Wildman–Crippen LogP) is 3.53. The minimum atomic E-state index is 0.340. The van der Waals surface area contributed by atoms with Crippen LogP contribution in [0.2, 0.25) is 0 Å². The van der Waals surface area contributed by atoms with Crippen LogP contribution in [0.1, 0.15) is 31.2 Å². The SMILES string of the molecule is CCCn1nccc1NC(C)c1cccs1. The van der Waals surface area contributed by atoms with Crippen LogP contribution in [0.3, 0.4) is 0 Å². The number of hydrogen-bond acceptors (Lipinski definition) is 3. The van der Waals surface area contributed by atoms with E-state index in [1.165, 1.54) is 4.88 Å². The normalized spacial score (nSPS) is 12.6. The van der Waals surface area contributed by atoms with E-state index in [1.54, 1.807) is 11.3 Å². The van der Waals surface area contributed by atoms with Gasteiger partial charge in [0.25, 0.3) is 0 Å². The van der Waals surface area contributed by atoms with Crippen molar-refractivity contribution in [3.8, 4) is 0 Å². The van der Waals surface area contributed by atoms with E-state index in [-0.39, 0.29) is 0 Å². The fraction of sp³-hybridized carbons (Fsp3) is 0.417. The van der Waals surface area contributed by atoms with Crippen molar-refractivity contribution in [3.05, 3.63) is 34.7 Å². The smallest absolute Gasteiger partial charge is 0.124 e. The largest absolute Gasteiger partial charge is 0.363 e. The molecule has 86 valence electrons. The molecular weight excluding hydrogens is 218 g/mol. The third kappa shape index (κ3) is 2.44. The zero-order chi connectivity index (χ0) is 11.4. The maximum atomic E-state index is 4.30. The first-order chi connectivity index (χ1) is 7.81. The molecule has 0 radical (unpaired) electrons. The lowest BCUT2D eigenvalue weighted by molar-refractivity contribution is 0.604. The van der Waals surface area contributed by atoms with E-state index >= 15 is 0 Å². The molecule has 16 heavy (non-hydrogen) atoms. The average molecular weight is 235 g/mol. The molecule has 0 amide bonds. The summed E-state index contributed by atoms with van der Waals surface area (Å²) in [5, 5.41) is 9.89. The summed E-state index contributed by atoms with van der Waals surface area (Å²) in [6, 6.07) is 6.61. The van der Waals surface area contributed by atoms with E-state index in [1.807, 2.05) is 16.9 Å². The molecule has 0 aliphatic carbocycles. The summed E-state index contributed by atoms with van der Waals surface area (Å²) in [6.07, 6.45) is 2.95. The van der Waals surface area contributed by atoms with Crippen molar-refractivity contribution in [1.82, 2.24) is 9.78 Å². The van der Waals surface area contributed by atoms with Crippen molar-refractivity contribution >= 4 is 17.2 Å². The van der Waals surface area contributed by atoms with Crippen molar-refractivity contribution in [2.75, 3.05) is 5.32 Å². The van der Waals surface area contributed by atoms with Crippen LogP contribution >= 0.6 is 11.3 Å². The number of nitrogens with one attached hydrogen (secondary N) is 1. The van der Waals surface area contributed by atoms with Crippen LogP contribution in [0.4, 0.5) is 5.82 Å². The third-order valence-electron chi connectivity index (χ3n) is 2.49. The third-order valence-corrected chi connectivity index (χ3v) is 3.54. The second-order valence-electron chi connectivity index (χ2n) is 3.82. The Morgan fingerprint density at radius 2 is 2.38 bits per heavy atom. The zero-order valence-corrected chi connectivity index (χ0v) is 10.5. The fourth-order valence-corrected chi connectivity index (χ4v) is 2.41. The first-order valence-electron chi connectivity index (χ1n) is 5.63. The summed E-state index contributed by atoms with van der Waals surface area (Å²) in [5.74, 6) is 1.10. The Balaban J connectivity index is 2.06. The van der Waals surface area contributed by atoms with Crippen molar-refractivity contribution in [1.29, 1.82) is 0 Å². The summed E-state index contributed by atoms with van der Waals surface area (Å²) in [7, 11) is 0. The van der Waals surface area contributed by atoms with Gasteiger partial charge >= 0.3 is 0 Å². The molecule has 0 aromatic carbocycles. The minimum absolute atomic E-state index is 0.340. The molecule has 2 aromatic heterocycles. The van der Waals surface area contributed by atoms with Crippen molar-refractivity contribution < 1.29 is 0 Å². The number of aromatic nitrogens is 2. The Morgan fingerprint density at radius 3 is 3.06 bits per heavy atom. The molecule has 1 atom stereocenters. The Bertz CT molecular complexity index is 419. The number of nitrogens with zero attached hydrogens (tertiary/aromatic N) is 2. The first kappa shape index (κ1) is 11.2. The quantitative estimate of drug-likeness (QED) is 0.859. The van der Waals surface area contributed by atoms with E-state index in [9.17, 15) is 0 Å². The van der Waals surface area contributed by atoms with Gasteiger partial charge < -0.3 is 5.32 Å². The van der Waals surface area contributed by atoms with Gasteiger partial charge in [0.2, 0.25) is 0 Å². The number of hydrogen-bond donors (Lipinski definition) is 1. The van der Waals surface area contributed by atoms with E-state index in [4.69, 9.17) is 0 Å². The molecule has 0 bridgehead atoms. The van der Waals surface area contributed by atoms with Gasteiger partial charge in [-0.05, 0) is 24.8 Å². The van der Waals surface area contributed by atoms with Crippen molar-refractivity contribution in [2.45, 2.75) is 32.9 Å². The molecule has 2 heterocycles. The highest BCUT2D eigenvalue weighted by Crippen LogP contribution is 2.22. The van der Waals surface area contributed by atoms with E-state index in [0.717, 1.165) is 18.8 Å². The molecule has 3 nitrogen and oxygen atoms in total. The van der Waals surface area contributed by atoms with Gasteiger partial charge in [0, 0.05) is 17.5 Å². The molecule has 2 rings (SSSR count). The number of anilines is 1. The highest BCUT2D eigenvalue weighted by Gasteiger charge is 2.08. The second kappa shape index (κ2) is 5.16. The fourth-order valence-electron chi connectivity index (χ4n) is 1.68. The molecule has 0 aliphatic rings. The van der Waals surface area contributed by atoms with E-state index in [0.29, 0.717) is 6.04 Å². The van der Waals surface area contributed by atoms with E-state index in [2.05, 4.69) is 41.8 Å². The zero-order valence-electron chi connectivity index (χ0n) is 9.68. The summed E-state index contributed by atoms with van der Waals surface area (Å²) in [6.45, 7) is 5.30. The molecule has 0 saturated carbocycles. The number of rotatable bonds is 5. The topological polar surface area (TPSA) is 29.9 Å². The van der Waals surface area contributed by atoms with Crippen LogP contribution in [-0.4, -0.2) is 9.78 Å². The standard InChI is InChI=1S/C12H17N3S/c1-3-8-15-12(6-7-13-15)14-10(2)11-5-4-9-16-11/h4-7,9-10,14H,3,8H2,1-2H3. The lowest BCUT2D eigenvalue weighted by Crippen LogP contribution is -2.10. The highest BCUT2D eigenvalue weighted by atomic mass is 32.1. The first-order valence-corrected chi connectivity index (χ1v) is 6.51. The van der Waals surface area contributed by atoms with Crippen LogP contribution in [0.5, 0.6) is 0 Å². The Morgan fingerprint density at radius 1 is 1.50 bits per heavy atom. The highest BCUT2D eigenvalue weighted by molar-refractivity contribution is 7.10. The lowest BCUT2D eigenvalue weighted by Gasteiger charge is -2.14. The van der Waals surface area contributed by atoms with Gasteiger partial charge in [-0.15, -0.1) is 11.3 Å². The van der Waals surface area contributed by atoms with Crippen LogP contribution in [0, 0.1) is 0 Å². The Labute approximate surface area is 100 Å². The summed E-state index contributed by atoms with van der Waals surface area (Å²) in [5.41, 5.74) is 0. The van der Waals surface area contributed by atoms with Gasteiger partial charge in [-0.3, -0.25) is 0 Å². The molecule has 1 unspecified atom stereocenters. The summed E-state index contributed by atoms with van der Waals surface area (Å²) >= 11 is 1.78. The molecule has 0 aliphatic heterocycles. The van der Waals surface area contributed by atoms with Gasteiger partial charge in [0.05, 0.1) is 12.2 Å². The van der Waals surface area contributed by atoms with Crippen LogP contribution in [0.25, 0.3) is 0 Å².